The van der Waals surface area contributed by atoms with Gasteiger partial charge in [0.15, 0.2) is 6.10 Å². The molecule has 1 unspecified atom stereocenters. The van der Waals surface area contributed by atoms with E-state index in [1.807, 2.05) is 24.3 Å². The van der Waals surface area contributed by atoms with Crippen LogP contribution in [0.2, 0.25) is 0 Å². The van der Waals surface area contributed by atoms with Crippen LogP contribution in [-0.2, 0) is 9.53 Å². The van der Waals surface area contributed by atoms with Crippen LogP contribution in [-0.4, -0.2) is 37.2 Å². The van der Waals surface area contributed by atoms with Crippen LogP contribution < -0.4 is 9.64 Å². The molecule has 0 saturated carbocycles. The fraction of sp³-hybridized carbons (Fsp3) is 0.455. The molecule has 0 spiro atoms. The molecule has 2 bridgehead atoms. The highest BCUT2D eigenvalue weighted by atomic mass is 16.5. The summed E-state index contributed by atoms with van der Waals surface area (Å²) in [5.41, 5.74) is 1.91. The minimum Gasteiger partial charge on any atom is -0.497 e. The summed E-state index contributed by atoms with van der Waals surface area (Å²) in [6.07, 6.45) is 5.91. The van der Waals surface area contributed by atoms with Gasteiger partial charge in [-0.3, -0.25) is 9.78 Å². The van der Waals surface area contributed by atoms with Crippen molar-refractivity contribution >= 4 is 16.9 Å². The maximum atomic E-state index is 12.0. The van der Waals surface area contributed by atoms with Crippen molar-refractivity contribution in [2.24, 2.45) is 11.8 Å². The van der Waals surface area contributed by atoms with Gasteiger partial charge in [0.1, 0.15) is 11.8 Å². The number of quaternary nitrogens is 1. The molecule has 0 amide bonds. The Bertz CT molecular complexity index is 866. The summed E-state index contributed by atoms with van der Waals surface area (Å²) < 4.78 is 11.3. The number of benzene rings is 1. The van der Waals surface area contributed by atoms with Gasteiger partial charge < -0.3 is 14.4 Å². The molecule has 0 radical (unpaired) electrons. The van der Waals surface area contributed by atoms with Crippen molar-refractivity contribution in [2.45, 2.75) is 31.9 Å². The summed E-state index contributed by atoms with van der Waals surface area (Å²) in [7, 11) is 1.66. The van der Waals surface area contributed by atoms with Gasteiger partial charge in [-0.2, -0.15) is 0 Å². The molecule has 4 heterocycles. The van der Waals surface area contributed by atoms with Crippen molar-refractivity contribution in [1.29, 1.82) is 0 Å². The first kappa shape index (κ1) is 18.0. The molecule has 5 rings (SSSR count). The summed E-state index contributed by atoms with van der Waals surface area (Å²) in [6, 6.07) is 8.11. The first-order valence-corrected chi connectivity index (χ1v) is 9.67. The lowest BCUT2D eigenvalue weighted by Crippen LogP contribution is -3.20. The van der Waals surface area contributed by atoms with Gasteiger partial charge in [0.2, 0.25) is 0 Å². The fourth-order valence-electron chi connectivity index (χ4n) is 4.95. The molecule has 5 heteroatoms. The zero-order chi connectivity index (χ0) is 19.0. The van der Waals surface area contributed by atoms with E-state index in [9.17, 15) is 4.79 Å². The van der Waals surface area contributed by atoms with E-state index in [4.69, 9.17) is 9.47 Å². The molecule has 3 aliphatic heterocycles. The number of methoxy groups -OCH3 is 1. The first-order chi connectivity index (χ1) is 13.1. The zero-order valence-electron chi connectivity index (χ0n) is 16.0. The van der Waals surface area contributed by atoms with Crippen molar-refractivity contribution in [2.75, 3.05) is 20.2 Å². The van der Waals surface area contributed by atoms with Gasteiger partial charge in [0.05, 0.1) is 25.7 Å². The lowest BCUT2D eigenvalue weighted by Gasteiger charge is -2.48. The third kappa shape index (κ3) is 3.32. The minimum absolute atomic E-state index is 0.241. The van der Waals surface area contributed by atoms with Crippen LogP contribution in [0.5, 0.6) is 5.75 Å². The second-order valence-electron chi connectivity index (χ2n) is 7.72. The van der Waals surface area contributed by atoms with Gasteiger partial charge in [-0.05, 0) is 30.2 Å². The maximum absolute atomic E-state index is 12.0. The molecule has 5 nitrogen and oxygen atoms in total. The van der Waals surface area contributed by atoms with Crippen LogP contribution >= 0.6 is 0 Å². The molecule has 27 heavy (non-hydrogen) atoms. The van der Waals surface area contributed by atoms with Crippen LogP contribution in [0.3, 0.4) is 0 Å². The molecule has 1 aromatic carbocycles. The Morgan fingerprint density at radius 3 is 2.93 bits per heavy atom. The number of carbonyl (C=O) groups is 1. The van der Waals surface area contributed by atoms with Crippen LogP contribution in [0.15, 0.2) is 43.1 Å². The van der Waals surface area contributed by atoms with Gasteiger partial charge in [-0.25, -0.2) is 0 Å². The smallest absolute Gasteiger partial charge is 0.303 e. The quantitative estimate of drug-likeness (QED) is 0.651. The fourth-order valence-corrected chi connectivity index (χ4v) is 4.95. The normalized spacial score (nSPS) is 27.9. The number of ether oxygens (including phenoxy) is 2. The first-order valence-electron chi connectivity index (χ1n) is 9.67. The third-order valence-electron chi connectivity index (χ3n) is 6.27. The number of fused-ring (bicyclic) bond motifs is 4. The number of hydrogen-bond donors (Lipinski definition) is 1. The Morgan fingerprint density at radius 1 is 1.41 bits per heavy atom. The predicted molar refractivity (Wildman–Crippen MR) is 104 cm³/mol. The third-order valence-corrected chi connectivity index (χ3v) is 6.27. The van der Waals surface area contributed by atoms with E-state index < -0.39 is 0 Å². The van der Waals surface area contributed by atoms with E-state index in [2.05, 4.69) is 17.6 Å². The standard InChI is InChI=1S/C22H26N2O3/c1-4-15-13-24-10-8-16(15)11-21(24)22(27-14(2)25)18-7-9-23-20-6-5-17(26-3)12-19(18)20/h4-7,9,12,15-16,21-22H,1,8,10-11,13H2,2-3H3/p+1/t15-,16-,21+,22+/m1/s1. The van der Waals surface area contributed by atoms with Crippen molar-refractivity contribution in [3.8, 4) is 5.75 Å². The molecule has 142 valence electrons. The van der Waals surface area contributed by atoms with Gasteiger partial charge in [-0.15, -0.1) is 6.58 Å². The number of aromatic nitrogens is 1. The van der Waals surface area contributed by atoms with Crippen LogP contribution in [0.4, 0.5) is 0 Å². The molecule has 3 aliphatic rings. The Hall–Kier alpha value is -2.40. The summed E-state index contributed by atoms with van der Waals surface area (Å²) >= 11 is 0. The van der Waals surface area contributed by atoms with Crippen molar-refractivity contribution < 1.29 is 19.2 Å². The van der Waals surface area contributed by atoms with Gasteiger partial charge >= 0.3 is 5.97 Å². The van der Waals surface area contributed by atoms with Crippen molar-refractivity contribution in [3.63, 3.8) is 0 Å². The van der Waals surface area contributed by atoms with E-state index in [0.717, 1.165) is 41.7 Å². The molecule has 1 N–H and O–H groups in total. The van der Waals surface area contributed by atoms with E-state index in [-0.39, 0.29) is 18.1 Å². The van der Waals surface area contributed by atoms with E-state index in [1.165, 1.54) is 18.2 Å². The second-order valence-corrected chi connectivity index (χ2v) is 7.72. The monoisotopic (exact) mass is 367 g/mol. The van der Waals surface area contributed by atoms with Gasteiger partial charge in [0, 0.05) is 42.8 Å². The maximum Gasteiger partial charge on any atom is 0.303 e. The number of nitrogens with one attached hydrogen (secondary N) is 1. The number of piperidine rings is 3. The Balaban J connectivity index is 1.76. The number of pyridine rings is 1. The summed E-state index contributed by atoms with van der Waals surface area (Å²) in [6.45, 7) is 7.72. The van der Waals surface area contributed by atoms with Crippen molar-refractivity contribution in [1.82, 2.24) is 4.98 Å². The molecule has 3 saturated heterocycles. The molecule has 3 fully saturated rings. The lowest BCUT2D eigenvalue weighted by atomic mass is 9.73. The molecule has 5 atom stereocenters. The number of esters is 1. The highest BCUT2D eigenvalue weighted by Gasteiger charge is 2.47. The SMILES string of the molecule is C=C[C@@H]1C[NH+]2CC[C@@H]1C[C@H]2[C@@H](OC(C)=O)c1ccnc2ccc(OC)cc12. The molecule has 1 aromatic heterocycles. The summed E-state index contributed by atoms with van der Waals surface area (Å²) in [5.74, 6) is 1.74. The van der Waals surface area contributed by atoms with Gasteiger partial charge in [-0.1, -0.05) is 6.08 Å². The highest BCUT2D eigenvalue weighted by Crippen LogP contribution is 2.36. The van der Waals surface area contributed by atoms with E-state index in [0.29, 0.717) is 11.8 Å². The van der Waals surface area contributed by atoms with Crippen LogP contribution in [0.1, 0.15) is 31.4 Å². The van der Waals surface area contributed by atoms with Crippen LogP contribution in [0.25, 0.3) is 10.9 Å². The molecule has 2 aromatic rings. The number of carbonyl (C=O) groups excluding carboxylic acids is 1. The highest BCUT2D eigenvalue weighted by molar-refractivity contribution is 5.84. The number of nitrogens with zero attached hydrogens (tertiary/aromatic N) is 1. The van der Waals surface area contributed by atoms with E-state index >= 15 is 0 Å². The summed E-state index contributed by atoms with van der Waals surface area (Å²) in [4.78, 5) is 18.0. The van der Waals surface area contributed by atoms with Crippen LogP contribution in [0, 0.1) is 11.8 Å². The van der Waals surface area contributed by atoms with Crippen molar-refractivity contribution in [3.05, 3.63) is 48.7 Å². The Morgan fingerprint density at radius 2 is 2.26 bits per heavy atom. The van der Waals surface area contributed by atoms with E-state index in [1.54, 1.807) is 13.3 Å². The molecule has 0 aliphatic carbocycles. The summed E-state index contributed by atoms with van der Waals surface area (Å²) in [5, 5.41) is 0.991. The number of hydrogen-bond acceptors (Lipinski definition) is 4. The zero-order valence-corrected chi connectivity index (χ0v) is 16.0. The minimum atomic E-state index is -0.274. The molecular weight excluding hydrogens is 340 g/mol. The Labute approximate surface area is 160 Å². The van der Waals surface area contributed by atoms with Gasteiger partial charge in [0.25, 0.3) is 0 Å². The largest absolute Gasteiger partial charge is 0.497 e. The molecular formula is C22H27N2O3+. The average molecular weight is 367 g/mol. The lowest BCUT2D eigenvalue weighted by molar-refractivity contribution is -0.949. The predicted octanol–water partition coefficient (Wildman–Crippen LogP) is 2.33. The topological polar surface area (TPSA) is 52.9 Å². The average Bonchev–Trinajstić information content (AvgIpc) is 2.71. The second kappa shape index (κ2) is 7.31. The Kier molecular flexibility index (Phi) is 4.87. The number of rotatable bonds is 5.